The molecule has 0 heterocycles. The van der Waals surface area contributed by atoms with Crippen LogP contribution in [0.1, 0.15) is 12.5 Å². The maximum absolute atomic E-state index is 12.2. The van der Waals surface area contributed by atoms with Crippen molar-refractivity contribution >= 4 is 6.09 Å². The van der Waals surface area contributed by atoms with Crippen molar-refractivity contribution in [3.8, 4) is 0 Å². The first-order valence-electron chi connectivity index (χ1n) is 5.52. The van der Waals surface area contributed by atoms with Gasteiger partial charge >= 0.3 is 12.3 Å². The average molecular weight is 277 g/mol. The molecule has 0 aromatic heterocycles. The third kappa shape index (κ3) is 5.17. The maximum Gasteiger partial charge on any atom is 0.416 e. The largest absolute Gasteiger partial charge is 0.445 e. The van der Waals surface area contributed by atoms with Gasteiger partial charge in [-0.25, -0.2) is 4.79 Å². The van der Waals surface area contributed by atoms with Crippen LogP contribution in [0.3, 0.4) is 0 Å². The first-order chi connectivity index (χ1) is 8.80. The molecule has 19 heavy (non-hydrogen) atoms. The molecule has 0 radical (unpaired) electrons. The zero-order valence-corrected chi connectivity index (χ0v) is 10.1. The van der Waals surface area contributed by atoms with Gasteiger partial charge in [-0.2, -0.15) is 13.2 Å². The smallest absolute Gasteiger partial charge is 0.416 e. The van der Waals surface area contributed by atoms with Gasteiger partial charge in [0, 0.05) is 0 Å². The molecule has 0 saturated carbocycles. The Hall–Kier alpha value is -1.76. The number of nitrogens with one attached hydrogen (secondary N) is 1. The van der Waals surface area contributed by atoms with Crippen molar-refractivity contribution < 1.29 is 27.8 Å². The summed E-state index contributed by atoms with van der Waals surface area (Å²) < 4.78 is 41.2. The maximum atomic E-state index is 12.2. The van der Waals surface area contributed by atoms with Crippen molar-refractivity contribution in [3.05, 3.63) is 35.9 Å². The fourth-order valence-corrected chi connectivity index (χ4v) is 1.31. The number of carbonyl (C=O) groups is 1. The molecule has 1 rings (SSSR count). The quantitative estimate of drug-likeness (QED) is 0.887. The average Bonchev–Trinajstić information content (AvgIpc) is 2.35. The van der Waals surface area contributed by atoms with Gasteiger partial charge in [0.2, 0.25) is 0 Å². The molecule has 7 heteroatoms. The molecule has 106 valence electrons. The Labute approximate surface area is 108 Å². The summed E-state index contributed by atoms with van der Waals surface area (Å²) in [7, 11) is 0. The molecule has 0 saturated heterocycles. The number of benzene rings is 1. The Balaban J connectivity index is 2.39. The van der Waals surface area contributed by atoms with Crippen molar-refractivity contribution in [3.63, 3.8) is 0 Å². The van der Waals surface area contributed by atoms with Gasteiger partial charge in [-0.3, -0.25) is 0 Å². The van der Waals surface area contributed by atoms with E-state index in [1.165, 1.54) is 0 Å². The zero-order valence-electron chi connectivity index (χ0n) is 10.1. The van der Waals surface area contributed by atoms with Crippen molar-refractivity contribution in [1.29, 1.82) is 0 Å². The van der Waals surface area contributed by atoms with E-state index in [0.29, 0.717) is 5.56 Å². The zero-order chi connectivity index (χ0) is 14.5. The monoisotopic (exact) mass is 277 g/mol. The van der Waals surface area contributed by atoms with E-state index in [0.717, 1.165) is 6.92 Å². The number of alkyl carbamates (subject to hydrolysis) is 1. The second-order valence-corrected chi connectivity index (χ2v) is 3.98. The molecule has 2 atom stereocenters. The molecule has 1 amide bonds. The lowest BCUT2D eigenvalue weighted by atomic mass is 10.2. The standard InChI is InChI=1S/C12H14F3NO3/c1-8(10(17)12(13,14)15)16-11(18)19-7-9-5-3-2-4-6-9/h2-6,8,10,17H,7H2,1H3,(H,16,18)/t8-,10-/m0/s1. The lowest BCUT2D eigenvalue weighted by molar-refractivity contribution is -0.210. The highest BCUT2D eigenvalue weighted by molar-refractivity contribution is 5.67. The lowest BCUT2D eigenvalue weighted by Gasteiger charge is -2.22. The molecule has 0 spiro atoms. The van der Waals surface area contributed by atoms with E-state index in [-0.39, 0.29) is 6.61 Å². The van der Waals surface area contributed by atoms with Gasteiger partial charge in [-0.15, -0.1) is 0 Å². The molecule has 4 nitrogen and oxygen atoms in total. The number of rotatable bonds is 4. The Morgan fingerprint density at radius 3 is 2.47 bits per heavy atom. The fourth-order valence-electron chi connectivity index (χ4n) is 1.31. The van der Waals surface area contributed by atoms with Crippen molar-refractivity contribution in [2.24, 2.45) is 0 Å². The number of hydrogen-bond acceptors (Lipinski definition) is 3. The number of amides is 1. The van der Waals surface area contributed by atoms with Crippen LogP contribution in [0, 0.1) is 0 Å². The molecule has 2 N–H and O–H groups in total. The van der Waals surface area contributed by atoms with E-state index in [2.05, 4.69) is 0 Å². The van der Waals surface area contributed by atoms with Gasteiger partial charge in [0.15, 0.2) is 6.10 Å². The van der Waals surface area contributed by atoms with E-state index in [4.69, 9.17) is 9.84 Å². The van der Waals surface area contributed by atoms with Crippen LogP contribution in [0.2, 0.25) is 0 Å². The summed E-state index contributed by atoms with van der Waals surface area (Å²) in [5, 5.41) is 10.8. The van der Waals surface area contributed by atoms with Crippen LogP contribution < -0.4 is 5.32 Å². The number of aliphatic hydroxyl groups excluding tert-OH is 1. The third-order valence-corrected chi connectivity index (χ3v) is 2.37. The minimum Gasteiger partial charge on any atom is -0.445 e. The van der Waals surface area contributed by atoms with Crippen molar-refractivity contribution in [2.45, 2.75) is 31.9 Å². The summed E-state index contributed by atoms with van der Waals surface area (Å²) >= 11 is 0. The van der Waals surface area contributed by atoms with Gasteiger partial charge in [0.25, 0.3) is 0 Å². The summed E-state index contributed by atoms with van der Waals surface area (Å²) in [5.41, 5.74) is 0.710. The second kappa shape index (κ2) is 6.42. The van der Waals surface area contributed by atoms with Crippen molar-refractivity contribution in [1.82, 2.24) is 5.32 Å². The number of alkyl halides is 3. The molecule has 0 bridgehead atoms. The van der Waals surface area contributed by atoms with Crippen LogP contribution in [0.5, 0.6) is 0 Å². The molecule has 1 aromatic carbocycles. The molecule has 0 aliphatic carbocycles. The van der Waals surface area contributed by atoms with Crippen LogP contribution in [0.4, 0.5) is 18.0 Å². The topological polar surface area (TPSA) is 58.6 Å². The Kier molecular flexibility index (Phi) is 5.17. The second-order valence-electron chi connectivity index (χ2n) is 3.98. The molecule has 0 unspecified atom stereocenters. The SMILES string of the molecule is C[C@H](NC(=O)OCc1ccccc1)[C@H](O)C(F)(F)F. The number of carbonyl (C=O) groups excluding carboxylic acids is 1. The van der Waals surface area contributed by atoms with Crippen LogP contribution in [-0.2, 0) is 11.3 Å². The summed E-state index contributed by atoms with van der Waals surface area (Å²) in [5.74, 6) is 0. The predicted molar refractivity (Wildman–Crippen MR) is 61.3 cm³/mol. The lowest BCUT2D eigenvalue weighted by Crippen LogP contribution is -2.48. The summed E-state index contributed by atoms with van der Waals surface area (Å²) in [4.78, 5) is 11.2. The number of aliphatic hydroxyl groups is 1. The number of ether oxygens (including phenoxy) is 1. The third-order valence-electron chi connectivity index (χ3n) is 2.37. The first kappa shape index (κ1) is 15.3. The van der Waals surface area contributed by atoms with Crippen LogP contribution >= 0.6 is 0 Å². The molecule has 0 aliphatic heterocycles. The minimum atomic E-state index is -4.79. The van der Waals surface area contributed by atoms with Crippen LogP contribution in [0.15, 0.2) is 30.3 Å². The highest BCUT2D eigenvalue weighted by Crippen LogP contribution is 2.22. The summed E-state index contributed by atoms with van der Waals surface area (Å²) in [6, 6.07) is 7.20. The predicted octanol–water partition coefficient (Wildman–Crippen LogP) is 2.22. The van der Waals surface area contributed by atoms with E-state index in [1.54, 1.807) is 30.3 Å². The summed E-state index contributed by atoms with van der Waals surface area (Å²) in [6.07, 6.45) is -8.43. The van der Waals surface area contributed by atoms with Gasteiger partial charge in [0.1, 0.15) is 6.61 Å². The number of halogens is 3. The number of hydrogen-bond donors (Lipinski definition) is 2. The summed E-state index contributed by atoms with van der Waals surface area (Å²) in [6.45, 7) is 0.990. The van der Waals surface area contributed by atoms with Gasteiger partial charge < -0.3 is 15.2 Å². The van der Waals surface area contributed by atoms with Gasteiger partial charge in [-0.05, 0) is 12.5 Å². The minimum absolute atomic E-state index is 0.0541. The van der Waals surface area contributed by atoms with E-state index in [1.807, 2.05) is 5.32 Å². The van der Waals surface area contributed by atoms with Gasteiger partial charge in [-0.1, -0.05) is 30.3 Å². The van der Waals surface area contributed by atoms with E-state index in [9.17, 15) is 18.0 Å². The van der Waals surface area contributed by atoms with Crippen LogP contribution in [0.25, 0.3) is 0 Å². The Bertz CT molecular complexity index is 408. The Morgan fingerprint density at radius 2 is 1.95 bits per heavy atom. The molecular formula is C12H14F3NO3. The van der Waals surface area contributed by atoms with E-state index < -0.39 is 24.4 Å². The van der Waals surface area contributed by atoms with Crippen LogP contribution in [-0.4, -0.2) is 29.5 Å². The Morgan fingerprint density at radius 1 is 1.37 bits per heavy atom. The molecule has 0 fully saturated rings. The molecule has 1 aromatic rings. The first-order valence-corrected chi connectivity index (χ1v) is 5.52. The van der Waals surface area contributed by atoms with Crippen molar-refractivity contribution in [2.75, 3.05) is 0 Å². The van der Waals surface area contributed by atoms with Gasteiger partial charge in [0.05, 0.1) is 6.04 Å². The fraction of sp³-hybridized carbons (Fsp3) is 0.417. The normalized spacial score (nSPS) is 14.6. The highest BCUT2D eigenvalue weighted by Gasteiger charge is 2.42. The highest BCUT2D eigenvalue weighted by atomic mass is 19.4. The molecule has 0 aliphatic rings. The molecular weight excluding hydrogens is 263 g/mol. The van der Waals surface area contributed by atoms with E-state index >= 15 is 0 Å².